The van der Waals surface area contributed by atoms with Crippen LogP contribution in [0.2, 0.25) is 15.1 Å². The smallest absolute Gasteiger partial charge is 0.266 e. The Balaban J connectivity index is 1.88. The van der Waals surface area contributed by atoms with Crippen LogP contribution in [0.5, 0.6) is 5.75 Å². The monoisotopic (exact) mass is 474 g/mol. The zero-order valence-electron chi connectivity index (χ0n) is 15.8. The molecule has 0 radical (unpaired) electrons. The summed E-state index contributed by atoms with van der Waals surface area (Å²) in [5, 5.41) is 13.1. The van der Waals surface area contributed by atoms with E-state index in [0.717, 1.165) is 0 Å². The Kier molecular flexibility index (Phi) is 7.54. The molecule has 0 aliphatic carbocycles. The van der Waals surface area contributed by atoms with Crippen molar-refractivity contribution < 1.29 is 13.9 Å². The molecular weight excluding hydrogens is 462 g/mol. The molecular formula is C23H14Cl3FN2O2. The van der Waals surface area contributed by atoms with Crippen molar-refractivity contribution in [2.45, 2.75) is 6.61 Å². The minimum atomic E-state index is -0.634. The van der Waals surface area contributed by atoms with Crippen LogP contribution in [0.15, 0.2) is 66.2 Å². The summed E-state index contributed by atoms with van der Waals surface area (Å²) in [6.45, 7) is 0.0963. The fraction of sp³-hybridized carbons (Fsp3) is 0.0435. The van der Waals surface area contributed by atoms with E-state index in [2.05, 4.69) is 5.32 Å². The van der Waals surface area contributed by atoms with Crippen molar-refractivity contribution in [2.24, 2.45) is 0 Å². The van der Waals surface area contributed by atoms with E-state index in [1.54, 1.807) is 36.4 Å². The summed E-state index contributed by atoms with van der Waals surface area (Å²) in [4.78, 5) is 12.6. The molecule has 0 aromatic heterocycles. The molecule has 31 heavy (non-hydrogen) atoms. The van der Waals surface area contributed by atoms with Gasteiger partial charge in [-0.05, 0) is 54.1 Å². The average molecular weight is 476 g/mol. The largest absolute Gasteiger partial charge is 0.487 e. The number of rotatable bonds is 6. The van der Waals surface area contributed by atoms with E-state index >= 15 is 0 Å². The molecule has 0 bridgehead atoms. The van der Waals surface area contributed by atoms with Gasteiger partial charge in [0.2, 0.25) is 0 Å². The van der Waals surface area contributed by atoms with Gasteiger partial charge >= 0.3 is 0 Å². The summed E-state index contributed by atoms with van der Waals surface area (Å²) in [5.41, 5.74) is 1.31. The first-order valence-electron chi connectivity index (χ1n) is 8.90. The highest BCUT2D eigenvalue weighted by atomic mass is 35.5. The quantitative estimate of drug-likeness (QED) is 0.311. The number of halogens is 4. The zero-order valence-corrected chi connectivity index (χ0v) is 18.1. The molecule has 0 aliphatic rings. The molecule has 0 saturated carbocycles. The lowest BCUT2D eigenvalue weighted by atomic mass is 10.1. The van der Waals surface area contributed by atoms with E-state index in [-0.39, 0.29) is 28.8 Å². The predicted molar refractivity (Wildman–Crippen MR) is 121 cm³/mol. The second-order valence-electron chi connectivity index (χ2n) is 6.36. The SMILES string of the molecule is N#C/C(=C\c1cc(Cl)cc(Cl)c1OCc1ccc(F)cc1)C(=O)Nc1cccc(Cl)c1. The molecule has 0 fully saturated rings. The van der Waals surface area contributed by atoms with Crippen molar-refractivity contribution in [1.29, 1.82) is 5.26 Å². The highest BCUT2D eigenvalue weighted by Gasteiger charge is 2.15. The van der Waals surface area contributed by atoms with E-state index in [0.29, 0.717) is 26.9 Å². The van der Waals surface area contributed by atoms with Crippen LogP contribution in [0.4, 0.5) is 10.1 Å². The van der Waals surface area contributed by atoms with Crippen LogP contribution in [0, 0.1) is 17.1 Å². The third-order valence-corrected chi connectivity index (χ3v) is 4.82. The van der Waals surface area contributed by atoms with Crippen molar-refractivity contribution in [1.82, 2.24) is 0 Å². The van der Waals surface area contributed by atoms with Crippen molar-refractivity contribution in [3.63, 3.8) is 0 Å². The van der Waals surface area contributed by atoms with Crippen LogP contribution in [0.25, 0.3) is 6.08 Å². The topological polar surface area (TPSA) is 62.1 Å². The number of nitriles is 1. The Morgan fingerprint density at radius 3 is 2.48 bits per heavy atom. The number of nitrogens with one attached hydrogen (secondary N) is 1. The lowest BCUT2D eigenvalue weighted by Crippen LogP contribution is -2.13. The summed E-state index contributed by atoms with van der Waals surface area (Å²) in [6.07, 6.45) is 1.33. The number of benzene rings is 3. The summed E-state index contributed by atoms with van der Waals surface area (Å²) in [5.74, 6) is -0.759. The molecule has 0 atom stereocenters. The summed E-state index contributed by atoms with van der Waals surface area (Å²) < 4.78 is 18.9. The number of nitrogens with zero attached hydrogens (tertiary/aromatic N) is 1. The standard InChI is InChI=1S/C23H14Cl3FN2O2/c24-17-2-1-3-20(10-17)29-23(30)16(12-28)8-15-9-18(25)11-21(26)22(15)31-13-14-4-6-19(27)7-5-14/h1-11H,13H2,(H,29,30)/b16-8+. The second-order valence-corrected chi connectivity index (χ2v) is 7.64. The molecule has 0 heterocycles. The van der Waals surface area contributed by atoms with Crippen LogP contribution in [-0.2, 0) is 11.4 Å². The maximum atomic E-state index is 13.1. The Hall–Kier alpha value is -3.04. The number of ether oxygens (including phenoxy) is 1. The number of carbonyl (C=O) groups excluding carboxylic acids is 1. The highest BCUT2D eigenvalue weighted by Crippen LogP contribution is 2.34. The molecule has 3 aromatic rings. The van der Waals surface area contributed by atoms with Gasteiger partial charge in [-0.15, -0.1) is 0 Å². The van der Waals surface area contributed by atoms with Gasteiger partial charge in [-0.1, -0.05) is 53.0 Å². The van der Waals surface area contributed by atoms with Crippen LogP contribution >= 0.6 is 34.8 Å². The first-order valence-corrected chi connectivity index (χ1v) is 10.0. The molecule has 3 aromatic carbocycles. The Morgan fingerprint density at radius 2 is 1.81 bits per heavy atom. The lowest BCUT2D eigenvalue weighted by Gasteiger charge is -2.13. The van der Waals surface area contributed by atoms with Crippen molar-refractivity contribution in [3.8, 4) is 11.8 Å². The summed E-state index contributed by atoms with van der Waals surface area (Å²) >= 11 is 18.3. The van der Waals surface area contributed by atoms with Gasteiger partial charge in [-0.3, -0.25) is 4.79 Å². The van der Waals surface area contributed by atoms with Gasteiger partial charge in [0.05, 0.1) is 5.02 Å². The van der Waals surface area contributed by atoms with Crippen molar-refractivity contribution in [3.05, 3.63) is 98.2 Å². The number of hydrogen-bond donors (Lipinski definition) is 1. The summed E-state index contributed by atoms with van der Waals surface area (Å²) in [7, 11) is 0. The Labute approximate surface area is 193 Å². The van der Waals surface area contributed by atoms with Crippen LogP contribution in [0.3, 0.4) is 0 Å². The maximum absolute atomic E-state index is 13.1. The minimum absolute atomic E-state index is 0.0963. The van der Waals surface area contributed by atoms with Gasteiger partial charge in [0.1, 0.15) is 29.8 Å². The third kappa shape index (κ3) is 6.22. The Bertz CT molecular complexity index is 1190. The first-order chi connectivity index (χ1) is 14.9. The first kappa shape index (κ1) is 22.6. The molecule has 0 saturated heterocycles. The number of carbonyl (C=O) groups is 1. The minimum Gasteiger partial charge on any atom is -0.487 e. The van der Waals surface area contributed by atoms with Crippen LogP contribution < -0.4 is 10.1 Å². The van der Waals surface area contributed by atoms with Crippen LogP contribution in [0.1, 0.15) is 11.1 Å². The molecule has 0 aliphatic heterocycles. The van der Waals surface area contributed by atoms with Gasteiger partial charge < -0.3 is 10.1 Å². The Morgan fingerprint density at radius 1 is 1.06 bits per heavy atom. The molecule has 0 unspecified atom stereocenters. The molecule has 1 amide bonds. The zero-order chi connectivity index (χ0) is 22.4. The third-order valence-electron chi connectivity index (χ3n) is 4.08. The van der Waals surface area contributed by atoms with Crippen molar-refractivity contribution in [2.75, 3.05) is 5.32 Å². The van der Waals surface area contributed by atoms with Crippen LogP contribution in [-0.4, -0.2) is 5.91 Å². The molecule has 156 valence electrons. The van der Waals surface area contributed by atoms with E-state index in [9.17, 15) is 14.4 Å². The molecule has 3 rings (SSSR count). The van der Waals surface area contributed by atoms with Gasteiger partial charge in [-0.25, -0.2) is 4.39 Å². The number of hydrogen-bond acceptors (Lipinski definition) is 3. The van der Waals surface area contributed by atoms with E-state index in [4.69, 9.17) is 39.5 Å². The van der Waals surface area contributed by atoms with E-state index in [1.165, 1.54) is 30.3 Å². The highest BCUT2D eigenvalue weighted by molar-refractivity contribution is 6.36. The lowest BCUT2D eigenvalue weighted by molar-refractivity contribution is -0.112. The molecule has 8 heteroatoms. The molecule has 1 N–H and O–H groups in total. The normalized spacial score (nSPS) is 11.0. The summed E-state index contributed by atoms with van der Waals surface area (Å²) in [6, 6.07) is 17.2. The average Bonchev–Trinajstić information content (AvgIpc) is 2.72. The van der Waals surface area contributed by atoms with Crippen molar-refractivity contribution >= 4 is 52.5 Å². The van der Waals surface area contributed by atoms with Gasteiger partial charge in [0.15, 0.2) is 0 Å². The number of amides is 1. The maximum Gasteiger partial charge on any atom is 0.266 e. The number of anilines is 1. The van der Waals surface area contributed by atoms with Gasteiger partial charge in [-0.2, -0.15) is 5.26 Å². The fourth-order valence-corrected chi connectivity index (χ4v) is 3.40. The fourth-order valence-electron chi connectivity index (χ4n) is 2.64. The molecule has 0 spiro atoms. The van der Waals surface area contributed by atoms with Gasteiger partial charge in [0.25, 0.3) is 5.91 Å². The predicted octanol–water partition coefficient (Wildman–Crippen LogP) is 6.91. The van der Waals surface area contributed by atoms with E-state index in [1.807, 2.05) is 6.07 Å². The molecule has 4 nitrogen and oxygen atoms in total. The van der Waals surface area contributed by atoms with E-state index < -0.39 is 5.91 Å². The van der Waals surface area contributed by atoms with Gasteiger partial charge in [0, 0.05) is 21.3 Å². The second kappa shape index (κ2) is 10.3.